The number of alkyl halides is 3. The molecule has 0 aliphatic carbocycles. The maximum Gasteiger partial charge on any atom is 0.416 e. The van der Waals surface area contributed by atoms with Crippen molar-refractivity contribution in [2.45, 2.75) is 26.1 Å². The molecule has 5 heteroatoms. The Labute approximate surface area is 118 Å². The Morgan fingerprint density at radius 2 is 2.15 bits per heavy atom. The molecule has 1 heterocycles. The van der Waals surface area contributed by atoms with E-state index in [1.807, 2.05) is 0 Å². The van der Waals surface area contributed by atoms with Crippen molar-refractivity contribution in [1.29, 1.82) is 0 Å². The normalized spacial score (nSPS) is 22.3. The first kappa shape index (κ1) is 15.3. The van der Waals surface area contributed by atoms with Crippen LogP contribution in [-0.2, 0) is 12.7 Å². The Hall–Kier alpha value is -1.07. The second-order valence-electron chi connectivity index (χ2n) is 5.60. The zero-order valence-electron chi connectivity index (χ0n) is 11.7. The molecule has 1 unspecified atom stereocenters. The maximum atomic E-state index is 12.7. The quantitative estimate of drug-likeness (QED) is 0.898. The number of halogens is 3. The van der Waals surface area contributed by atoms with Gasteiger partial charge in [-0.3, -0.25) is 4.90 Å². The van der Waals surface area contributed by atoms with E-state index in [-0.39, 0.29) is 0 Å². The molecule has 2 rings (SSSR count). The van der Waals surface area contributed by atoms with Crippen LogP contribution < -0.4 is 5.32 Å². The van der Waals surface area contributed by atoms with Crippen molar-refractivity contribution in [3.05, 3.63) is 35.4 Å². The molecule has 0 amide bonds. The molecule has 0 aromatic heterocycles. The minimum absolute atomic E-state index is 0.515. The van der Waals surface area contributed by atoms with E-state index in [1.165, 1.54) is 12.1 Å². The number of nitrogens with zero attached hydrogens (tertiary/aromatic N) is 1. The summed E-state index contributed by atoms with van der Waals surface area (Å²) < 4.78 is 38.1. The van der Waals surface area contributed by atoms with Crippen LogP contribution in [0, 0.1) is 5.92 Å². The number of hydrogen-bond donors (Lipinski definition) is 1. The van der Waals surface area contributed by atoms with Gasteiger partial charge in [-0.25, -0.2) is 0 Å². The van der Waals surface area contributed by atoms with Crippen LogP contribution in [0.15, 0.2) is 24.3 Å². The minimum Gasteiger partial charge on any atom is -0.316 e. The average molecular weight is 286 g/mol. The van der Waals surface area contributed by atoms with E-state index in [9.17, 15) is 13.2 Å². The highest BCUT2D eigenvalue weighted by molar-refractivity contribution is 5.25. The average Bonchev–Trinajstić information content (AvgIpc) is 2.35. The first-order valence-electron chi connectivity index (χ1n) is 7.04. The fourth-order valence-corrected chi connectivity index (χ4v) is 2.62. The third-order valence-electron chi connectivity index (χ3n) is 3.55. The summed E-state index contributed by atoms with van der Waals surface area (Å²) >= 11 is 0. The summed E-state index contributed by atoms with van der Waals surface area (Å²) in [6, 6.07) is 5.66. The lowest BCUT2D eigenvalue weighted by Crippen LogP contribution is -2.38. The molecule has 1 aromatic carbocycles. The lowest BCUT2D eigenvalue weighted by Gasteiger charge is -2.28. The molecule has 1 saturated heterocycles. The van der Waals surface area contributed by atoms with Gasteiger partial charge >= 0.3 is 6.18 Å². The van der Waals surface area contributed by atoms with Gasteiger partial charge in [0, 0.05) is 13.1 Å². The smallest absolute Gasteiger partial charge is 0.316 e. The van der Waals surface area contributed by atoms with Crippen LogP contribution >= 0.6 is 0 Å². The van der Waals surface area contributed by atoms with Gasteiger partial charge in [0.05, 0.1) is 5.56 Å². The van der Waals surface area contributed by atoms with Crippen molar-refractivity contribution >= 4 is 0 Å². The van der Waals surface area contributed by atoms with Gasteiger partial charge in [-0.05, 0) is 43.6 Å². The Kier molecular flexibility index (Phi) is 5.05. The van der Waals surface area contributed by atoms with Gasteiger partial charge in [0.2, 0.25) is 0 Å². The minimum atomic E-state index is -4.26. The molecule has 0 bridgehead atoms. The summed E-state index contributed by atoms with van der Waals surface area (Å²) in [5, 5.41) is 3.37. The van der Waals surface area contributed by atoms with E-state index in [0.29, 0.717) is 12.5 Å². The van der Waals surface area contributed by atoms with Gasteiger partial charge in [0.1, 0.15) is 0 Å². The van der Waals surface area contributed by atoms with Crippen molar-refractivity contribution < 1.29 is 13.2 Å². The van der Waals surface area contributed by atoms with E-state index in [1.54, 1.807) is 6.07 Å². The van der Waals surface area contributed by atoms with Crippen LogP contribution in [0.4, 0.5) is 13.2 Å². The number of benzene rings is 1. The molecule has 1 aliphatic heterocycles. The standard InChI is InChI=1S/C15H21F3N2/c1-12-9-19-6-3-7-20(10-12)11-13-4-2-5-14(8-13)15(16,17)18/h2,4-5,8,12,19H,3,6-7,9-11H2,1H3. The van der Waals surface area contributed by atoms with Crippen LogP contribution in [0.25, 0.3) is 0 Å². The molecule has 1 aliphatic rings. The Morgan fingerprint density at radius 1 is 1.35 bits per heavy atom. The van der Waals surface area contributed by atoms with Crippen LogP contribution in [0.2, 0.25) is 0 Å². The zero-order chi connectivity index (χ0) is 14.6. The highest BCUT2D eigenvalue weighted by Crippen LogP contribution is 2.29. The van der Waals surface area contributed by atoms with E-state index in [4.69, 9.17) is 0 Å². The number of rotatable bonds is 2. The molecule has 0 saturated carbocycles. The van der Waals surface area contributed by atoms with Gasteiger partial charge in [0.25, 0.3) is 0 Å². The summed E-state index contributed by atoms with van der Waals surface area (Å²) in [6.45, 7) is 6.55. The largest absolute Gasteiger partial charge is 0.416 e. The molecular weight excluding hydrogens is 265 g/mol. The predicted octanol–water partition coefficient (Wildman–Crippen LogP) is 3.14. The summed E-state index contributed by atoms with van der Waals surface area (Å²) in [4.78, 5) is 2.25. The fraction of sp³-hybridized carbons (Fsp3) is 0.600. The third kappa shape index (κ3) is 4.49. The lowest BCUT2D eigenvalue weighted by molar-refractivity contribution is -0.137. The Morgan fingerprint density at radius 3 is 2.90 bits per heavy atom. The fourth-order valence-electron chi connectivity index (χ4n) is 2.62. The van der Waals surface area contributed by atoms with Crippen molar-refractivity contribution in [3.8, 4) is 0 Å². The summed E-state index contributed by atoms with van der Waals surface area (Å²) in [5.74, 6) is 0.515. The van der Waals surface area contributed by atoms with Crippen molar-refractivity contribution in [3.63, 3.8) is 0 Å². The molecule has 0 radical (unpaired) electrons. The molecule has 1 N–H and O–H groups in total. The molecule has 0 spiro atoms. The van der Waals surface area contributed by atoms with Crippen molar-refractivity contribution in [1.82, 2.24) is 10.2 Å². The maximum absolute atomic E-state index is 12.7. The zero-order valence-corrected chi connectivity index (χ0v) is 11.7. The first-order chi connectivity index (χ1) is 9.45. The van der Waals surface area contributed by atoms with Crippen LogP contribution in [0.3, 0.4) is 0 Å². The second-order valence-corrected chi connectivity index (χ2v) is 5.60. The lowest BCUT2D eigenvalue weighted by atomic mass is 10.1. The number of hydrogen-bond acceptors (Lipinski definition) is 2. The summed E-state index contributed by atoms with van der Waals surface area (Å²) in [7, 11) is 0. The van der Waals surface area contributed by atoms with Crippen molar-refractivity contribution in [2.24, 2.45) is 5.92 Å². The predicted molar refractivity (Wildman–Crippen MR) is 73.4 cm³/mol. The van der Waals surface area contributed by atoms with Crippen LogP contribution in [0.5, 0.6) is 0 Å². The molecule has 1 fully saturated rings. The third-order valence-corrected chi connectivity index (χ3v) is 3.55. The van der Waals surface area contributed by atoms with Gasteiger partial charge < -0.3 is 5.32 Å². The monoisotopic (exact) mass is 286 g/mol. The second kappa shape index (κ2) is 6.59. The van der Waals surface area contributed by atoms with E-state index in [2.05, 4.69) is 17.1 Å². The topological polar surface area (TPSA) is 15.3 Å². The molecule has 2 nitrogen and oxygen atoms in total. The summed E-state index contributed by atoms with van der Waals surface area (Å²) in [6.07, 6.45) is -3.23. The van der Waals surface area contributed by atoms with Crippen molar-refractivity contribution in [2.75, 3.05) is 26.2 Å². The Bertz CT molecular complexity index is 431. The van der Waals surface area contributed by atoms with E-state index < -0.39 is 11.7 Å². The highest BCUT2D eigenvalue weighted by atomic mass is 19.4. The summed E-state index contributed by atoms with van der Waals surface area (Å²) in [5.41, 5.74) is 0.178. The molecule has 1 aromatic rings. The van der Waals surface area contributed by atoms with E-state index in [0.717, 1.165) is 44.2 Å². The number of nitrogens with one attached hydrogen (secondary N) is 1. The molecular formula is C15H21F3N2. The Balaban J connectivity index is 2.04. The van der Waals surface area contributed by atoms with Gasteiger partial charge in [0.15, 0.2) is 0 Å². The van der Waals surface area contributed by atoms with E-state index >= 15 is 0 Å². The van der Waals surface area contributed by atoms with Crippen LogP contribution in [-0.4, -0.2) is 31.1 Å². The van der Waals surface area contributed by atoms with Gasteiger partial charge in [-0.15, -0.1) is 0 Å². The molecule has 20 heavy (non-hydrogen) atoms. The van der Waals surface area contributed by atoms with Gasteiger partial charge in [-0.2, -0.15) is 13.2 Å². The molecule has 1 atom stereocenters. The SMILES string of the molecule is CC1CNCCCN(Cc2cccc(C(F)(F)F)c2)C1. The molecule has 112 valence electrons. The van der Waals surface area contributed by atoms with Crippen LogP contribution in [0.1, 0.15) is 24.5 Å². The van der Waals surface area contributed by atoms with Gasteiger partial charge in [-0.1, -0.05) is 25.1 Å². The highest BCUT2D eigenvalue weighted by Gasteiger charge is 2.30. The first-order valence-corrected chi connectivity index (χ1v) is 7.04.